The van der Waals surface area contributed by atoms with Gasteiger partial charge in [0.1, 0.15) is 0 Å². The Morgan fingerprint density at radius 3 is 2.33 bits per heavy atom. The standard InChI is InChI=1S/C14H27N/c1-13(2)7-4-6-12(10-13)15-11-14(3)8-5-9-14/h12,15H,4-11H2,1-3H3. The summed E-state index contributed by atoms with van der Waals surface area (Å²) in [6, 6.07) is 0.797. The van der Waals surface area contributed by atoms with E-state index in [4.69, 9.17) is 0 Å². The van der Waals surface area contributed by atoms with Gasteiger partial charge in [0.25, 0.3) is 0 Å². The second kappa shape index (κ2) is 4.08. The number of hydrogen-bond donors (Lipinski definition) is 1. The van der Waals surface area contributed by atoms with Crippen LogP contribution in [0, 0.1) is 10.8 Å². The van der Waals surface area contributed by atoms with Crippen LogP contribution in [0.25, 0.3) is 0 Å². The van der Waals surface area contributed by atoms with Gasteiger partial charge in [-0.05, 0) is 42.9 Å². The van der Waals surface area contributed by atoms with Crippen molar-refractivity contribution in [2.24, 2.45) is 10.8 Å². The number of hydrogen-bond acceptors (Lipinski definition) is 1. The predicted octanol–water partition coefficient (Wildman–Crippen LogP) is 3.74. The van der Waals surface area contributed by atoms with Gasteiger partial charge in [0, 0.05) is 12.6 Å². The summed E-state index contributed by atoms with van der Waals surface area (Å²) in [5, 5.41) is 3.82. The van der Waals surface area contributed by atoms with E-state index in [0.717, 1.165) is 6.04 Å². The summed E-state index contributed by atoms with van der Waals surface area (Å²) in [7, 11) is 0. The van der Waals surface area contributed by atoms with Gasteiger partial charge < -0.3 is 5.32 Å². The SMILES string of the molecule is CC1(C)CCCC(NCC2(C)CCC2)C1. The van der Waals surface area contributed by atoms with Crippen molar-refractivity contribution >= 4 is 0 Å². The first kappa shape index (κ1) is 11.4. The molecule has 2 aliphatic rings. The largest absolute Gasteiger partial charge is 0.313 e. The molecule has 1 heteroatoms. The van der Waals surface area contributed by atoms with Gasteiger partial charge in [-0.1, -0.05) is 33.6 Å². The van der Waals surface area contributed by atoms with Crippen molar-refractivity contribution in [1.29, 1.82) is 0 Å². The van der Waals surface area contributed by atoms with E-state index in [1.54, 1.807) is 0 Å². The minimum atomic E-state index is 0.580. The van der Waals surface area contributed by atoms with Crippen molar-refractivity contribution in [1.82, 2.24) is 5.32 Å². The highest BCUT2D eigenvalue weighted by Crippen LogP contribution is 2.40. The molecule has 2 fully saturated rings. The van der Waals surface area contributed by atoms with Gasteiger partial charge in [-0.15, -0.1) is 0 Å². The zero-order chi connectivity index (χ0) is 10.9. The van der Waals surface area contributed by atoms with E-state index < -0.39 is 0 Å². The summed E-state index contributed by atoms with van der Waals surface area (Å²) in [6.45, 7) is 8.54. The van der Waals surface area contributed by atoms with Crippen LogP contribution in [0.3, 0.4) is 0 Å². The molecule has 1 nitrogen and oxygen atoms in total. The minimum absolute atomic E-state index is 0.580. The van der Waals surface area contributed by atoms with Crippen molar-refractivity contribution in [3.8, 4) is 0 Å². The quantitative estimate of drug-likeness (QED) is 0.746. The van der Waals surface area contributed by atoms with Crippen LogP contribution in [0.15, 0.2) is 0 Å². The van der Waals surface area contributed by atoms with Crippen LogP contribution in [0.1, 0.15) is 65.7 Å². The monoisotopic (exact) mass is 209 g/mol. The van der Waals surface area contributed by atoms with E-state index in [1.807, 2.05) is 0 Å². The van der Waals surface area contributed by atoms with Crippen molar-refractivity contribution in [2.45, 2.75) is 71.8 Å². The summed E-state index contributed by atoms with van der Waals surface area (Å²) < 4.78 is 0. The third-order valence-electron chi connectivity index (χ3n) is 4.58. The zero-order valence-electron chi connectivity index (χ0n) is 10.7. The van der Waals surface area contributed by atoms with Crippen molar-refractivity contribution in [3.05, 3.63) is 0 Å². The molecule has 0 bridgehead atoms. The van der Waals surface area contributed by atoms with Crippen LogP contribution < -0.4 is 5.32 Å². The van der Waals surface area contributed by atoms with Crippen molar-refractivity contribution in [3.63, 3.8) is 0 Å². The Hall–Kier alpha value is -0.0400. The van der Waals surface area contributed by atoms with E-state index in [2.05, 4.69) is 26.1 Å². The number of rotatable bonds is 3. The molecule has 0 aromatic heterocycles. The van der Waals surface area contributed by atoms with Gasteiger partial charge in [0.05, 0.1) is 0 Å². The summed E-state index contributed by atoms with van der Waals surface area (Å²) in [6.07, 6.45) is 9.95. The first-order valence-corrected chi connectivity index (χ1v) is 6.73. The third-order valence-corrected chi connectivity index (χ3v) is 4.58. The van der Waals surface area contributed by atoms with Crippen LogP contribution in [0.2, 0.25) is 0 Å². The molecule has 88 valence electrons. The lowest BCUT2D eigenvalue weighted by atomic mass is 9.69. The van der Waals surface area contributed by atoms with Crippen LogP contribution >= 0.6 is 0 Å². The Labute approximate surface area is 95.0 Å². The molecule has 0 heterocycles. The first-order valence-electron chi connectivity index (χ1n) is 6.73. The van der Waals surface area contributed by atoms with E-state index >= 15 is 0 Å². The van der Waals surface area contributed by atoms with E-state index in [1.165, 1.54) is 51.5 Å². The molecule has 0 aromatic carbocycles. The lowest BCUT2D eigenvalue weighted by Gasteiger charge is -2.42. The van der Waals surface area contributed by atoms with Gasteiger partial charge in [-0.25, -0.2) is 0 Å². The maximum atomic E-state index is 3.82. The Kier molecular flexibility index (Phi) is 3.12. The summed E-state index contributed by atoms with van der Waals surface area (Å²) in [5.74, 6) is 0. The molecule has 2 rings (SSSR count). The molecule has 15 heavy (non-hydrogen) atoms. The second-order valence-corrected chi connectivity index (χ2v) is 7.00. The molecule has 0 amide bonds. The normalized spacial score (nSPS) is 33.4. The maximum absolute atomic E-state index is 3.82. The van der Waals surface area contributed by atoms with Crippen LogP contribution in [-0.2, 0) is 0 Å². The van der Waals surface area contributed by atoms with E-state index in [0.29, 0.717) is 10.8 Å². The van der Waals surface area contributed by atoms with Gasteiger partial charge in [-0.3, -0.25) is 0 Å². The molecular weight excluding hydrogens is 182 g/mol. The van der Waals surface area contributed by atoms with Gasteiger partial charge in [-0.2, -0.15) is 0 Å². The predicted molar refractivity (Wildman–Crippen MR) is 66.0 cm³/mol. The third kappa shape index (κ3) is 2.96. The summed E-state index contributed by atoms with van der Waals surface area (Å²) >= 11 is 0. The second-order valence-electron chi connectivity index (χ2n) is 7.00. The molecule has 1 N–H and O–H groups in total. The van der Waals surface area contributed by atoms with Crippen molar-refractivity contribution in [2.75, 3.05) is 6.54 Å². The highest BCUT2D eigenvalue weighted by atomic mass is 14.9. The fourth-order valence-electron chi connectivity index (χ4n) is 3.22. The molecule has 2 aliphatic carbocycles. The lowest BCUT2D eigenvalue weighted by molar-refractivity contribution is 0.129. The molecule has 1 atom stereocenters. The maximum Gasteiger partial charge on any atom is 0.00723 e. The molecule has 0 aliphatic heterocycles. The Morgan fingerprint density at radius 2 is 1.80 bits per heavy atom. The first-order chi connectivity index (χ1) is 6.99. The Morgan fingerprint density at radius 1 is 1.07 bits per heavy atom. The summed E-state index contributed by atoms with van der Waals surface area (Å²) in [4.78, 5) is 0. The fraction of sp³-hybridized carbons (Fsp3) is 1.00. The highest BCUT2D eigenvalue weighted by Gasteiger charge is 2.33. The average molecular weight is 209 g/mol. The molecule has 0 saturated heterocycles. The molecule has 0 radical (unpaired) electrons. The zero-order valence-corrected chi connectivity index (χ0v) is 10.7. The van der Waals surface area contributed by atoms with Crippen molar-refractivity contribution < 1.29 is 0 Å². The van der Waals surface area contributed by atoms with Crippen LogP contribution in [-0.4, -0.2) is 12.6 Å². The molecule has 1 unspecified atom stereocenters. The molecule has 0 spiro atoms. The van der Waals surface area contributed by atoms with Crippen LogP contribution in [0.5, 0.6) is 0 Å². The van der Waals surface area contributed by atoms with E-state index in [9.17, 15) is 0 Å². The Bertz CT molecular complexity index is 215. The number of nitrogens with one attached hydrogen (secondary N) is 1. The smallest absolute Gasteiger partial charge is 0.00723 e. The molecule has 0 aromatic rings. The highest BCUT2D eigenvalue weighted by molar-refractivity contribution is 4.89. The van der Waals surface area contributed by atoms with Gasteiger partial charge >= 0.3 is 0 Å². The van der Waals surface area contributed by atoms with Gasteiger partial charge in [0.15, 0.2) is 0 Å². The topological polar surface area (TPSA) is 12.0 Å². The van der Waals surface area contributed by atoms with Gasteiger partial charge in [0.2, 0.25) is 0 Å². The molecule has 2 saturated carbocycles. The fourth-order valence-corrected chi connectivity index (χ4v) is 3.22. The lowest BCUT2D eigenvalue weighted by Crippen LogP contribution is -2.44. The average Bonchev–Trinajstić information content (AvgIpc) is 2.10. The van der Waals surface area contributed by atoms with E-state index in [-0.39, 0.29) is 0 Å². The Balaban J connectivity index is 1.74. The minimum Gasteiger partial charge on any atom is -0.313 e. The summed E-state index contributed by atoms with van der Waals surface area (Å²) in [5.41, 5.74) is 1.22. The molecular formula is C14H27N. The van der Waals surface area contributed by atoms with Crippen LogP contribution in [0.4, 0.5) is 0 Å².